The van der Waals surface area contributed by atoms with Gasteiger partial charge in [-0.1, -0.05) is 28.9 Å². The molecular formula is C15H21BrFNO. The van der Waals surface area contributed by atoms with Crippen molar-refractivity contribution in [2.24, 2.45) is 5.92 Å². The molecule has 19 heavy (non-hydrogen) atoms. The molecule has 0 saturated heterocycles. The van der Waals surface area contributed by atoms with Crippen molar-refractivity contribution < 1.29 is 9.50 Å². The quantitative estimate of drug-likeness (QED) is 0.884. The predicted octanol–water partition coefficient (Wildman–Crippen LogP) is 3.62. The molecular weight excluding hydrogens is 309 g/mol. The van der Waals surface area contributed by atoms with Crippen molar-refractivity contribution in [1.82, 2.24) is 5.32 Å². The minimum atomic E-state index is -0.570. The van der Waals surface area contributed by atoms with Gasteiger partial charge in [0.15, 0.2) is 0 Å². The largest absolute Gasteiger partial charge is 0.389 e. The predicted molar refractivity (Wildman–Crippen MR) is 78.4 cm³/mol. The second-order valence-electron chi connectivity index (χ2n) is 5.75. The minimum Gasteiger partial charge on any atom is -0.389 e. The Morgan fingerprint density at radius 2 is 2.11 bits per heavy atom. The van der Waals surface area contributed by atoms with Gasteiger partial charge in [-0.05, 0) is 49.3 Å². The molecule has 1 aliphatic rings. The molecule has 0 unspecified atom stereocenters. The van der Waals surface area contributed by atoms with Gasteiger partial charge < -0.3 is 10.4 Å². The zero-order valence-electron chi connectivity index (χ0n) is 11.3. The van der Waals surface area contributed by atoms with Crippen LogP contribution >= 0.6 is 15.9 Å². The molecule has 0 spiro atoms. The topological polar surface area (TPSA) is 32.3 Å². The van der Waals surface area contributed by atoms with Gasteiger partial charge in [0.25, 0.3) is 0 Å². The van der Waals surface area contributed by atoms with E-state index in [1.54, 1.807) is 6.07 Å². The first-order chi connectivity index (χ1) is 8.98. The number of rotatable bonds is 4. The molecule has 0 aliphatic heterocycles. The Morgan fingerprint density at radius 1 is 1.42 bits per heavy atom. The van der Waals surface area contributed by atoms with Crippen molar-refractivity contribution in [3.63, 3.8) is 0 Å². The standard InChI is InChI=1S/C15H21BrFNO/c1-11-4-6-15(19,7-5-11)10-18-9-12-2-3-13(17)8-14(12)16/h2-3,8,11,18-19H,4-7,9-10H2,1H3. The number of halogens is 2. The molecule has 2 rings (SSSR count). The molecule has 0 aromatic heterocycles. The van der Waals surface area contributed by atoms with Crippen molar-refractivity contribution >= 4 is 15.9 Å². The summed E-state index contributed by atoms with van der Waals surface area (Å²) in [5.74, 6) is 0.488. The van der Waals surface area contributed by atoms with Gasteiger partial charge >= 0.3 is 0 Å². The van der Waals surface area contributed by atoms with Crippen LogP contribution in [-0.4, -0.2) is 17.3 Å². The summed E-state index contributed by atoms with van der Waals surface area (Å²) in [7, 11) is 0. The molecule has 0 atom stereocenters. The van der Waals surface area contributed by atoms with Crippen LogP contribution in [0.3, 0.4) is 0 Å². The Bertz CT molecular complexity index is 430. The number of hydrogen-bond donors (Lipinski definition) is 2. The molecule has 1 aromatic rings. The zero-order chi connectivity index (χ0) is 13.9. The first-order valence-electron chi connectivity index (χ1n) is 6.85. The Kier molecular flexibility index (Phi) is 4.98. The van der Waals surface area contributed by atoms with E-state index in [1.165, 1.54) is 12.1 Å². The van der Waals surface area contributed by atoms with E-state index < -0.39 is 5.60 Å². The van der Waals surface area contributed by atoms with E-state index in [0.717, 1.165) is 41.6 Å². The molecule has 4 heteroatoms. The highest BCUT2D eigenvalue weighted by Crippen LogP contribution is 2.31. The molecule has 1 fully saturated rings. The molecule has 0 bridgehead atoms. The van der Waals surface area contributed by atoms with Crippen LogP contribution in [0.2, 0.25) is 0 Å². The summed E-state index contributed by atoms with van der Waals surface area (Å²) in [6.07, 6.45) is 3.92. The van der Waals surface area contributed by atoms with Crippen molar-refractivity contribution in [2.75, 3.05) is 6.54 Å². The Balaban J connectivity index is 1.83. The smallest absolute Gasteiger partial charge is 0.124 e. The molecule has 0 heterocycles. The fourth-order valence-corrected chi connectivity index (χ4v) is 3.06. The minimum absolute atomic E-state index is 0.240. The molecule has 106 valence electrons. The van der Waals surface area contributed by atoms with Crippen LogP contribution in [0.4, 0.5) is 4.39 Å². The first kappa shape index (κ1) is 14.9. The van der Waals surface area contributed by atoms with E-state index in [2.05, 4.69) is 28.2 Å². The van der Waals surface area contributed by atoms with Crippen molar-refractivity contribution in [3.05, 3.63) is 34.1 Å². The lowest BCUT2D eigenvalue weighted by Gasteiger charge is -2.35. The Morgan fingerprint density at radius 3 is 2.74 bits per heavy atom. The van der Waals surface area contributed by atoms with Crippen LogP contribution in [0.1, 0.15) is 38.2 Å². The number of hydrogen-bond acceptors (Lipinski definition) is 2. The van der Waals surface area contributed by atoms with E-state index >= 15 is 0 Å². The molecule has 1 aromatic carbocycles. The second-order valence-corrected chi connectivity index (χ2v) is 6.60. The Labute approximate surface area is 122 Å². The van der Waals surface area contributed by atoms with Crippen molar-refractivity contribution in [1.29, 1.82) is 0 Å². The van der Waals surface area contributed by atoms with E-state index in [-0.39, 0.29) is 5.82 Å². The lowest BCUT2D eigenvalue weighted by Crippen LogP contribution is -2.43. The number of aliphatic hydroxyl groups is 1. The molecule has 1 saturated carbocycles. The number of nitrogens with one attached hydrogen (secondary N) is 1. The van der Waals surface area contributed by atoms with Crippen LogP contribution in [0.15, 0.2) is 22.7 Å². The lowest BCUT2D eigenvalue weighted by atomic mass is 9.79. The van der Waals surface area contributed by atoms with Gasteiger partial charge in [0.1, 0.15) is 5.82 Å². The fourth-order valence-electron chi connectivity index (χ4n) is 2.57. The fraction of sp³-hybridized carbons (Fsp3) is 0.600. The maximum absolute atomic E-state index is 13.0. The van der Waals surface area contributed by atoms with E-state index in [0.29, 0.717) is 13.1 Å². The summed E-state index contributed by atoms with van der Waals surface area (Å²) in [5, 5.41) is 13.7. The Hall–Kier alpha value is -0.450. The molecule has 2 nitrogen and oxygen atoms in total. The summed E-state index contributed by atoms with van der Waals surface area (Å²) >= 11 is 3.35. The third-order valence-electron chi connectivity index (χ3n) is 3.99. The first-order valence-corrected chi connectivity index (χ1v) is 7.65. The van der Waals surface area contributed by atoms with Gasteiger partial charge in [-0.3, -0.25) is 0 Å². The van der Waals surface area contributed by atoms with E-state index in [1.807, 2.05) is 0 Å². The molecule has 1 aliphatic carbocycles. The summed E-state index contributed by atoms with van der Waals surface area (Å²) in [5.41, 5.74) is 0.438. The summed E-state index contributed by atoms with van der Waals surface area (Å²) in [6, 6.07) is 4.69. The van der Waals surface area contributed by atoms with Crippen LogP contribution in [0.25, 0.3) is 0 Å². The van der Waals surface area contributed by atoms with Crippen molar-refractivity contribution in [2.45, 2.75) is 44.8 Å². The van der Waals surface area contributed by atoms with Gasteiger partial charge in [-0.2, -0.15) is 0 Å². The summed E-state index contributed by atoms with van der Waals surface area (Å²) < 4.78 is 13.7. The SMILES string of the molecule is CC1CCC(O)(CNCc2ccc(F)cc2Br)CC1. The monoisotopic (exact) mass is 329 g/mol. The van der Waals surface area contributed by atoms with Crippen LogP contribution in [-0.2, 0) is 6.54 Å². The summed E-state index contributed by atoms with van der Waals surface area (Å²) in [4.78, 5) is 0. The molecule has 0 radical (unpaired) electrons. The lowest BCUT2D eigenvalue weighted by molar-refractivity contribution is -0.00631. The average Bonchev–Trinajstić information content (AvgIpc) is 2.36. The van der Waals surface area contributed by atoms with Crippen LogP contribution in [0.5, 0.6) is 0 Å². The van der Waals surface area contributed by atoms with Gasteiger partial charge in [0.05, 0.1) is 5.60 Å². The van der Waals surface area contributed by atoms with Gasteiger partial charge in [-0.25, -0.2) is 4.39 Å². The third kappa shape index (κ3) is 4.26. The molecule has 2 N–H and O–H groups in total. The summed E-state index contributed by atoms with van der Waals surface area (Å²) in [6.45, 7) is 3.48. The maximum Gasteiger partial charge on any atom is 0.124 e. The van der Waals surface area contributed by atoms with Crippen LogP contribution in [0, 0.1) is 11.7 Å². The highest BCUT2D eigenvalue weighted by Gasteiger charge is 2.31. The number of benzene rings is 1. The van der Waals surface area contributed by atoms with Gasteiger partial charge in [0, 0.05) is 17.6 Å². The third-order valence-corrected chi connectivity index (χ3v) is 4.73. The van der Waals surface area contributed by atoms with Gasteiger partial charge in [-0.15, -0.1) is 0 Å². The highest BCUT2D eigenvalue weighted by molar-refractivity contribution is 9.10. The average molecular weight is 330 g/mol. The van der Waals surface area contributed by atoms with Crippen LogP contribution < -0.4 is 5.32 Å². The van der Waals surface area contributed by atoms with Gasteiger partial charge in [0.2, 0.25) is 0 Å². The normalized spacial score (nSPS) is 27.5. The maximum atomic E-state index is 13.0. The second kappa shape index (κ2) is 6.33. The van der Waals surface area contributed by atoms with Crippen molar-refractivity contribution in [3.8, 4) is 0 Å². The zero-order valence-corrected chi connectivity index (χ0v) is 12.8. The molecule has 0 amide bonds. The highest BCUT2D eigenvalue weighted by atomic mass is 79.9. The van der Waals surface area contributed by atoms with E-state index in [9.17, 15) is 9.50 Å². The van der Waals surface area contributed by atoms with E-state index in [4.69, 9.17) is 0 Å².